The summed E-state index contributed by atoms with van der Waals surface area (Å²) < 4.78 is 1.75. The minimum atomic E-state index is -0.394. The standard InChI is InChI=1S/C18H22N4O3S/c23-12-18-10-21(16(24)5-14-1-4-26-9-14)6-15(18)7-22(11-18)17(25)8-20-3-2-19-13-20/h1-4,9,13,15,23H,5-8,10-12H2/t15-,18+/m0/s1. The van der Waals surface area contributed by atoms with Crippen LogP contribution in [-0.4, -0.2) is 69.1 Å². The molecule has 2 atom stereocenters. The number of aromatic nitrogens is 2. The van der Waals surface area contributed by atoms with Gasteiger partial charge in [-0.15, -0.1) is 0 Å². The number of rotatable bonds is 5. The SMILES string of the molecule is O=C(Cc1ccsc1)N1C[C@H]2CN(C(=O)Cn3ccnc3)C[C@@]2(CO)C1. The maximum atomic E-state index is 12.6. The van der Waals surface area contributed by atoms with Crippen LogP contribution >= 0.6 is 11.3 Å². The van der Waals surface area contributed by atoms with Gasteiger partial charge in [-0.3, -0.25) is 9.59 Å². The third kappa shape index (κ3) is 3.14. The fraction of sp³-hybridized carbons (Fsp3) is 0.500. The monoisotopic (exact) mass is 374 g/mol. The third-order valence-electron chi connectivity index (χ3n) is 5.59. The van der Waals surface area contributed by atoms with Crippen LogP contribution in [0.5, 0.6) is 0 Å². The Labute approximate surface area is 155 Å². The van der Waals surface area contributed by atoms with Crippen LogP contribution in [0, 0.1) is 11.3 Å². The van der Waals surface area contributed by atoms with Crippen molar-refractivity contribution in [3.63, 3.8) is 0 Å². The van der Waals surface area contributed by atoms with Gasteiger partial charge in [-0.25, -0.2) is 4.98 Å². The number of imidazole rings is 1. The van der Waals surface area contributed by atoms with Crippen LogP contribution in [-0.2, 0) is 22.6 Å². The highest BCUT2D eigenvalue weighted by molar-refractivity contribution is 7.08. The highest BCUT2D eigenvalue weighted by Gasteiger charge is 2.54. The van der Waals surface area contributed by atoms with Gasteiger partial charge < -0.3 is 19.5 Å². The zero-order chi connectivity index (χ0) is 18.1. The lowest BCUT2D eigenvalue weighted by atomic mass is 9.82. The maximum absolute atomic E-state index is 12.6. The van der Waals surface area contributed by atoms with Crippen LogP contribution in [0.15, 0.2) is 35.5 Å². The van der Waals surface area contributed by atoms with Crippen LogP contribution in [0.4, 0.5) is 0 Å². The number of fused-ring (bicyclic) bond motifs is 1. The molecule has 1 N–H and O–H groups in total. The molecule has 0 radical (unpaired) electrons. The molecule has 2 aromatic heterocycles. The smallest absolute Gasteiger partial charge is 0.242 e. The summed E-state index contributed by atoms with van der Waals surface area (Å²) >= 11 is 1.59. The van der Waals surface area contributed by atoms with Crippen molar-refractivity contribution < 1.29 is 14.7 Å². The first kappa shape index (κ1) is 17.2. The fourth-order valence-electron chi connectivity index (χ4n) is 4.10. The summed E-state index contributed by atoms with van der Waals surface area (Å²) in [6.07, 6.45) is 5.45. The number of amides is 2. The van der Waals surface area contributed by atoms with E-state index in [0.717, 1.165) is 5.56 Å². The second-order valence-corrected chi connectivity index (χ2v) is 8.09. The molecule has 2 fully saturated rings. The molecule has 26 heavy (non-hydrogen) atoms. The van der Waals surface area contributed by atoms with Crippen molar-refractivity contribution in [2.45, 2.75) is 13.0 Å². The molecule has 2 amide bonds. The first-order valence-electron chi connectivity index (χ1n) is 8.73. The Morgan fingerprint density at radius 1 is 1.27 bits per heavy atom. The van der Waals surface area contributed by atoms with Gasteiger partial charge >= 0.3 is 0 Å². The Morgan fingerprint density at radius 2 is 2.04 bits per heavy atom. The minimum absolute atomic E-state index is 0.00521. The summed E-state index contributed by atoms with van der Waals surface area (Å²) in [6.45, 7) is 2.48. The summed E-state index contributed by atoms with van der Waals surface area (Å²) in [5, 5.41) is 14.0. The van der Waals surface area contributed by atoms with E-state index >= 15 is 0 Å². The Kier molecular flexibility index (Phi) is 4.54. The van der Waals surface area contributed by atoms with Gasteiger partial charge in [0.05, 0.1) is 19.4 Å². The van der Waals surface area contributed by atoms with E-state index in [1.807, 2.05) is 26.6 Å². The van der Waals surface area contributed by atoms with Crippen molar-refractivity contribution in [1.29, 1.82) is 0 Å². The Hall–Kier alpha value is -2.19. The second kappa shape index (κ2) is 6.85. The number of carbonyl (C=O) groups is 2. The largest absolute Gasteiger partial charge is 0.396 e. The molecule has 0 aliphatic carbocycles. The normalized spacial score (nSPS) is 24.9. The second-order valence-electron chi connectivity index (χ2n) is 7.31. The predicted molar refractivity (Wildman–Crippen MR) is 96.4 cm³/mol. The van der Waals surface area contributed by atoms with Crippen LogP contribution in [0.2, 0.25) is 0 Å². The van der Waals surface area contributed by atoms with Gasteiger partial charge in [-0.05, 0) is 22.4 Å². The van der Waals surface area contributed by atoms with Gasteiger partial charge in [0.25, 0.3) is 0 Å². The number of thiophene rings is 1. The fourth-order valence-corrected chi connectivity index (χ4v) is 4.77. The van der Waals surface area contributed by atoms with E-state index in [9.17, 15) is 14.7 Å². The number of hydrogen-bond donors (Lipinski definition) is 1. The average Bonchev–Trinajstić information content (AvgIpc) is 3.38. The van der Waals surface area contributed by atoms with Gasteiger partial charge in [0.1, 0.15) is 6.54 Å². The van der Waals surface area contributed by atoms with Crippen molar-refractivity contribution >= 4 is 23.2 Å². The van der Waals surface area contributed by atoms with Crippen LogP contribution < -0.4 is 0 Å². The summed E-state index contributed by atoms with van der Waals surface area (Å²) in [4.78, 5) is 32.8. The van der Waals surface area contributed by atoms with E-state index in [-0.39, 0.29) is 30.9 Å². The van der Waals surface area contributed by atoms with Gasteiger partial charge in [0.15, 0.2) is 0 Å². The van der Waals surface area contributed by atoms with Crippen molar-refractivity contribution in [1.82, 2.24) is 19.4 Å². The lowest BCUT2D eigenvalue weighted by molar-refractivity contribution is -0.132. The lowest BCUT2D eigenvalue weighted by Gasteiger charge is -2.27. The quantitative estimate of drug-likeness (QED) is 0.825. The molecule has 0 bridgehead atoms. The van der Waals surface area contributed by atoms with E-state index in [0.29, 0.717) is 32.6 Å². The Balaban J connectivity index is 1.39. The number of nitrogens with zero attached hydrogens (tertiary/aromatic N) is 4. The Morgan fingerprint density at radius 3 is 2.62 bits per heavy atom. The van der Waals surface area contributed by atoms with Crippen molar-refractivity contribution in [3.8, 4) is 0 Å². The molecule has 0 aromatic carbocycles. The zero-order valence-electron chi connectivity index (χ0n) is 14.5. The zero-order valence-corrected chi connectivity index (χ0v) is 15.3. The van der Waals surface area contributed by atoms with E-state index in [1.165, 1.54) is 0 Å². The lowest BCUT2D eigenvalue weighted by Crippen LogP contribution is -2.41. The molecule has 2 aliphatic heterocycles. The molecule has 7 nitrogen and oxygen atoms in total. The van der Waals surface area contributed by atoms with Crippen molar-refractivity contribution in [2.24, 2.45) is 11.3 Å². The number of carbonyl (C=O) groups excluding carboxylic acids is 2. The van der Waals surface area contributed by atoms with Gasteiger partial charge in [0.2, 0.25) is 11.8 Å². The highest BCUT2D eigenvalue weighted by atomic mass is 32.1. The first-order chi connectivity index (χ1) is 12.6. The minimum Gasteiger partial charge on any atom is -0.396 e. The molecule has 4 rings (SSSR count). The number of aliphatic hydroxyl groups is 1. The molecular weight excluding hydrogens is 352 g/mol. The first-order valence-corrected chi connectivity index (χ1v) is 9.67. The van der Waals surface area contributed by atoms with E-state index in [2.05, 4.69) is 4.98 Å². The van der Waals surface area contributed by atoms with E-state index in [4.69, 9.17) is 0 Å². The van der Waals surface area contributed by atoms with Gasteiger partial charge in [-0.1, -0.05) is 0 Å². The molecule has 4 heterocycles. The summed E-state index contributed by atoms with van der Waals surface area (Å²) in [6, 6.07) is 1.97. The van der Waals surface area contributed by atoms with Crippen molar-refractivity contribution in [2.75, 3.05) is 32.8 Å². The summed E-state index contributed by atoms with van der Waals surface area (Å²) in [5.41, 5.74) is 0.641. The van der Waals surface area contributed by atoms with Crippen LogP contribution in [0.25, 0.3) is 0 Å². The van der Waals surface area contributed by atoms with E-state index < -0.39 is 5.41 Å². The Bertz CT molecular complexity index is 714. The number of likely N-dealkylation sites (tertiary alicyclic amines) is 2. The molecule has 0 saturated carbocycles. The topological polar surface area (TPSA) is 78.7 Å². The molecule has 2 aliphatic rings. The molecule has 138 valence electrons. The maximum Gasteiger partial charge on any atom is 0.242 e. The van der Waals surface area contributed by atoms with Crippen LogP contribution in [0.3, 0.4) is 0 Å². The van der Waals surface area contributed by atoms with Gasteiger partial charge in [0, 0.05) is 49.9 Å². The van der Waals surface area contributed by atoms with Gasteiger partial charge in [-0.2, -0.15) is 11.3 Å². The summed E-state index contributed by atoms with van der Waals surface area (Å²) in [7, 11) is 0. The van der Waals surface area contributed by atoms with Crippen LogP contribution in [0.1, 0.15) is 5.56 Å². The molecule has 2 saturated heterocycles. The molecular formula is C18H22N4O3S. The number of aliphatic hydroxyl groups excluding tert-OH is 1. The molecule has 8 heteroatoms. The number of hydrogen-bond acceptors (Lipinski definition) is 5. The molecule has 0 unspecified atom stereocenters. The molecule has 2 aromatic rings. The highest BCUT2D eigenvalue weighted by Crippen LogP contribution is 2.42. The molecule has 0 spiro atoms. The van der Waals surface area contributed by atoms with Crippen molar-refractivity contribution in [3.05, 3.63) is 41.1 Å². The third-order valence-corrected chi connectivity index (χ3v) is 6.32. The van der Waals surface area contributed by atoms with E-state index in [1.54, 1.807) is 34.6 Å². The predicted octanol–water partition coefficient (Wildman–Crippen LogP) is 0.467. The summed E-state index contributed by atoms with van der Waals surface area (Å²) in [5.74, 6) is 0.258. The average molecular weight is 374 g/mol.